The van der Waals surface area contributed by atoms with Gasteiger partial charge in [0.2, 0.25) is 0 Å². The first-order valence-electron chi connectivity index (χ1n) is 12.2. The molecule has 0 saturated heterocycles. The third kappa shape index (κ3) is 5.61. The molecule has 7 nitrogen and oxygen atoms in total. The lowest BCUT2D eigenvalue weighted by molar-refractivity contribution is -0.174. The first-order valence-corrected chi connectivity index (χ1v) is 15.9. The van der Waals surface area contributed by atoms with E-state index < -0.39 is 26.2 Å². The number of nitrogens with zero attached hydrogens (tertiary/aromatic N) is 3. The van der Waals surface area contributed by atoms with Crippen molar-refractivity contribution in [3.8, 4) is 6.07 Å². The molecule has 2 heterocycles. The molecule has 0 aliphatic rings. The van der Waals surface area contributed by atoms with Crippen LogP contribution in [0.25, 0.3) is 21.9 Å². The topological polar surface area (TPSA) is 95.7 Å². The van der Waals surface area contributed by atoms with E-state index in [1.54, 1.807) is 42.0 Å². The predicted molar refractivity (Wildman–Crippen MR) is 142 cm³/mol. The van der Waals surface area contributed by atoms with Crippen molar-refractivity contribution in [2.24, 2.45) is 0 Å². The molecule has 1 amide bonds. The number of carbonyl (C=O) groups is 1. The lowest BCUT2D eigenvalue weighted by atomic mass is 9.94. The van der Waals surface area contributed by atoms with Gasteiger partial charge in [-0.2, -0.15) is 18.4 Å². The van der Waals surface area contributed by atoms with E-state index in [1.807, 2.05) is 13.0 Å². The number of hydrogen-bond donors (Lipinski definition) is 2. The van der Waals surface area contributed by atoms with E-state index >= 15 is 0 Å². The lowest BCUT2D eigenvalue weighted by Crippen LogP contribution is -2.40. The number of halogens is 3. The maximum atomic E-state index is 13.5. The average molecular weight is 542 g/mol. The normalized spacial score (nSPS) is 13.1. The van der Waals surface area contributed by atoms with Crippen molar-refractivity contribution in [3.63, 3.8) is 0 Å². The average Bonchev–Trinajstić information content (AvgIpc) is 3.44. The summed E-state index contributed by atoms with van der Waals surface area (Å²) in [5.74, 6) is -1.88. The van der Waals surface area contributed by atoms with Crippen LogP contribution >= 0.6 is 0 Å². The number of aromatic amines is 1. The Morgan fingerprint density at radius 2 is 1.95 bits per heavy atom. The highest BCUT2D eigenvalue weighted by molar-refractivity contribution is 6.76. The van der Waals surface area contributed by atoms with Gasteiger partial charge in [0.15, 0.2) is 0 Å². The second kappa shape index (κ2) is 10.3. The summed E-state index contributed by atoms with van der Waals surface area (Å²) >= 11 is 0. The molecule has 4 aromatic rings. The van der Waals surface area contributed by atoms with Gasteiger partial charge in [-0.15, -0.1) is 0 Å². The number of imidazole rings is 1. The zero-order valence-corrected chi connectivity index (χ0v) is 23.0. The van der Waals surface area contributed by atoms with Gasteiger partial charge in [0.05, 0.1) is 22.7 Å². The fourth-order valence-electron chi connectivity index (χ4n) is 4.57. The minimum absolute atomic E-state index is 0.00473. The van der Waals surface area contributed by atoms with Gasteiger partial charge in [-0.1, -0.05) is 25.7 Å². The number of ether oxygens (including phenoxy) is 1. The highest BCUT2D eigenvalue weighted by atomic mass is 28.3. The van der Waals surface area contributed by atoms with E-state index in [-0.39, 0.29) is 12.6 Å². The number of hydrogen-bond acceptors (Lipinski definition) is 4. The molecule has 2 aromatic heterocycles. The maximum absolute atomic E-state index is 13.5. The third-order valence-corrected chi connectivity index (χ3v) is 8.20. The Morgan fingerprint density at radius 1 is 1.21 bits per heavy atom. The van der Waals surface area contributed by atoms with E-state index in [2.05, 4.69) is 41.0 Å². The third-order valence-electron chi connectivity index (χ3n) is 6.49. The van der Waals surface area contributed by atoms with Gasteiger partial charge in [0.25, 0.3) is 0 Å². The van der Waals surface area contributed by atoms with Crippen molar-refractivity contribution in [2.75, 3.05) is 6.61 Å². The standard InChI is InChI=1S/C27H30F3N5O2Si/c1-16-12-17(2)23-19(8-9-32-23)22(16)24(34-26(36)27(28,29)30)25-33-20-7-6-18(14-31)13-21(20)35(25)15-37-10-11-38(3,4)5/h6-9,12-13,24,32H,10-11,15H2,1-5H3,(H,34,36). The summed E-state index contributed by atoms with van der Waals surface area (Å²) in [4.78, 5) is 20.1. The van der Waals surface area contributed by atoms with E-state index in [0.717, 1.165) is 17.1 Å². The molecule has 4 rings (SSSR count). The fourth-order valence-corrected chi connectivity index (χ4v) is 5.33. The number of alkyl halides is 3. The van der Waals surface area contributed by atoms with Crippen LogP contribution < -0.4 is 5.32 Å². The molecule has 2 N–H and O–H groups in total. The van der Waals surface area contributed by atoms with Crippen molar-refractivity contribution < 1.29 is 22.7 Å². The van der Waals surface area contributed by atoms with E-state index in [9.17, 15) is 23.2 Å². The van der Waals surface area contributed by atoms with Crippen molar-refractivity contribution in [1.82, 2.24) is 19.9 Å². The molecule has 0 saturated carbocycles. The van der Waals surface area contributed by atoms with Crippen LogP contribution in [0.4, 0.5) is 13.2 Å². The van der Waals surface area contributed by atoms with E-state index in [0.29, 0.717) is 39.7 Å². The molecule has 0 aliphatic carbocycles. The molecule has 200 valence electrons. The number of nitrogens with one attached hydrogen (secondary N) is 2. The second-order valence-corrected chi connectivity index (χ2v) is 16.3. The number of fused-ring (bicyclic) bond motifs is 2. The van der Waals surface area contributed by atoms with Crippen LogP contribution in [-0.4, -0.2) is 41.3 Å². The Labute approximate surface area is 219 Å². The number of amides is 1. The molecule has 0 fully saturated rings. The molecule has 1 unspecified atom stereocenters. The Hall–Kier alpha value is -3.62. The highest BCUT2D eigenvalue weighted by Gasteiger charge is 2.41. The zero-order valence-electron chi connectivity index (χ0n) is 22.0. The molecule has 1 atom stereocenters. The Balaban J connectivity index is 1.92. The molecule has 2 aromatic carbocycles. The van der Waals surface area contributed by atoms with E-state index in [4.69, 9.17) is 4.74 Å². The summed E-state index contributed by atoms with van der Waals surface area (Å²) in [6.07, 6.45) is -3.38. The number of aryl methyl sites for hydroxylation is 2. The molecule has 0 spiro atoms. The molecule has 0 aliphatic heterocycles. The quantitative estimate of drug-likeness (QED) is 0.209. The van der Waals surface area contributed by atoms with E-state index in [1.165, 1.54) is 0 Å². The van der Waals surface area contributed by atoms with Crippen LogP contribution in [0.3, 0.4) is 0 Å². The number of H-pyrrole nitrogens is 1. The Kier molecular flexibility index (Phi) is 7.41. The SMILES string of the molecule is Cc1cc(C)c2[nH]ccc2c1C(NC(=O)C(F)(F)F)c1nc2ccc(C#N)cc2n1COCC[Si](C)(C)C. The first-order chi connectivity index (χ1) is 17.8. The van der Waals surface area contributed by atoms with Crippen LogP contribution in [0.1, 0.15) is 34.1 Å². The number of carbonyl (C=O) groups excluding carboxylic acids is 1. The van der Waals surface area contributed by atoms with Crippen LogP contribution in [0.2, 0.25) is 25.7 Å². The highest BCUT2D eigenvalue weighted by Crippen LogP contribution is 2.35. The van der Waals surface area contributed by atoms with Crippen LogP contribution in [0.5, 0.6) is 0 Å². The number of aromatic nitrogens is 3. The van der Waals surface area contributed by atoms with Crippen molar-refractivity contribution in [3.05, 3.63) is 64.6 Å². The van der Waals surface area contributed by atoms with Crippen molar-refractivity contribution in [2.45, 2.75) is 58.5 Å². The maximum Gasteiger partial charge on any atom is 0.471 e. The number of benzene rings is 2. The van der Waals surface area contributed by atoms with Gasteiger partial charge >= 0.3 is 12.1 Å². The minimum Gasteiger partial charge on any atom is -0.361 e. The Bertz CT molecular complexity index is 1540. The lowest BCUT2D eigenvalue weighted by Gasteiger charge is -2.24. The molecule has 0 radical (unpaired) electrons. The molecular weight excluding hydrogens is 511 g/mol. The van der Waals surface area contributed by atoms with Gasteiger partial charge in [-0.25, -0.2) is 4.98 Å². The number of nitriles is 1. The summed E-state index contributed by atoms with van der Waals surface area (Å²) in [6.45, 7) is 10.8. The van der Waals surface area contributed by atoms with Crippen LogP contribution in [-0.2, 0) is 16.3 Å². The van der Waals surface area contributed by atoms with Gasteiger partial charge in [0, 0.05) is 31.8 Å². The molecule has 38 heavy (non-hydrogen) atoms. The van der Waals surface area contributed by atoms with Gasteiger partial charge in [0.1, 0.15) is 18.6 Å². The second-order valence-electron chi connectivity index (χ2n) is 10.7. The molecule has 11 heteroatoms. The minimum atomic E-state index is -5.09. The summed E-state index contributed by atoms with van der Waals surface area (Å²) in [7, 11) is -1.39. The fraction of sp³-hybridized carbons (Fsp3) is 0.370. The Morgan fingerprint density at radius 3 is 2.61 bits per heavy atom. The number of rotatable bonds is 8. The first kappa shape index (κ1) is 27.4. The predicted octanol–water partition coefficient (Wildman–Crippen LogP) is 6.09. The van der Waals surface area contributed by atoms with Crippen molar-refractivity contribution >= 4 is 35.9 Å². The van der Waals surface area contributed by atoms with Crippen LogP contribution in [0.15, 0.2) is 36.5 Å². The van der Waals surface area contributed by atoms with Crippen LogP contribution in [0, 0.1) is 25.2 Å². The summed E-state index contributed by atoms with van der Waals surface area (Å²) < 4.78 is 48.2. The smallest absolute Gasteiger partial charge is 0.361 e. The monoisotopic (exact) mass is 541 g/mol. The largest absolute Gasteiger partial charge is 0.471 e. The summed E-state index contributed by atoms with van der Waals surface area (Å²) in [5, 5.41) is 12.3. The summed E-state index contributed by atoms with van der Waals surface area (Å²) in [6, 6.07) is 10.3. The molecule has 0 bridgehead atoms. The van der Waals surface area contributed by atoms with Gasteiger partial charge < -0.3 is 19.6 Å². The van der Waals surface area contributed by atoms with Gasteiger partial charge in [-0.05, 0) is 60.8 Å². The van der Waals surface area contributed by atoms with Crippen molar-refractivity contribution in [1.29, 1.82) is 5.26 Å². The van der Waals surface area contributed by atoms with Gasteiger partial charge in [-0.3, -0.25) is 4.79 Å². The molecular formula is C27H30F3N5O2Si. The zero-order chi connectivity index (χ0) is 27.8. The summed E-state index contributed by atoms with van der Waals surface area (Å²) in [5.41, 5.74) is 4.29.